The molecule has 0 spiro atoms. The van der Waals surface area contributed by atoms with Crippen LogP contribution in [-0.2, 0) is 6.42 Å². The zero-order chi connectivity index (χ0) is 14.8. The van der Waals surface area contributed by atoms with E-state index >= 15 is 0 Å². The number of hydrogen-bond donors (Lipinski definition) is 1. The molecule has 0 amide bonds. The van der Waals surface area contributed by atoms with Crippen LogP contribution in [0.15, 0.2) is 65.3 Å². The minimum absolute atomic E-state index is 0. The van der Waals surface area contributed by atoms with Crippen LogP contribution in [0.25, 0.3) is 22.1 Å². The van der Waals surface area contributed by atoms with E-state index in [1.807, 2.05) is 30.3 Å². The SMILES string of the molecule is [Cl-].c1ccc(CC[NH2+]c2ncnc3c2oc2ccccc23)cc1. The van der Waals surface area contributed by atoms with Crippen LogP contribution >= 0.6 is 0 Å². The van der Waals surface area contributed by atoms with E-state index < -0.39 is 0 Å². The Hall–Kier alpha value is -2.43. The number of benzene rings is 2. The highest BCUT2D eigenvalue weighted by Crippen LogP contribution is 2.28. The number of halogens is 1. The van der Waals surface area contributed by atoms with Crippen LogP contribution in [0.2, 0.25) is 0 Å². The summed E-state index contributed by atoms with van der Waals surface area (Å²) in [6, 6.07) is 18.4. The number of aromatic nitrogens is 2. The van der Waals surface area contributed by atoms with Crippen molar-refractivity contribution < 1.29 is 22.1 Å². The number of para-hydroxylation sites is 1. The first-order valence-electron chi connectivity index (χ1n) is 7.41. The molecule has 0 radical (unpaired) electrons. The molecule has 4 nitrogen and oxygen atoms in total. The third kappa shape index (κ3) is 3.04. The van der Waals surface area contributed by atoms with Crippen molar-refractivity contribution in [3.63, 3.8) is 0 Å². The number of furan rings is 1. The van der Waals surface area contributed by atoms with Crippen molar-refractivity contribution in [1.82, 2.24) is 9.97 Å². The number of nitrogens with zero attached hydrogens (tertiary/aromatic N) is 2. The summed E-state index contributed by atoms with van der Waals surface area (Å²) in [6.45, 7) is 0.924. The number of rotatable bonds is 4. The Morgan fingerprint density at radius 1 is 0.913 bits per heavy atom. The van der Waals surface area contributed by atoms with Crippen molar-refractivity contribution in [3.05, 3.63) is 66.5 Å². The van der Waals surface area contributed by atoms with Crippen LogP contribution in [0.4, 0.5) is 5.82 Å². The van der Waals surface area contributed by atoms with E-state index in [0.717, 1.165) is 40.9 Å². The molecule has 2 heterocycles. The average molecular weight is 326 g/mol. The molecule has 0 fully saturated rings. The van der Waals surface area contributed by atoms with Gasteiger partial charge >= 0.3 is 0 Å². The van der Waals surface area contributed by atoms with Gasteiger partial charge < -0.3 is 16.8 Å². The average Bonchev–Trinajstić information content (AvgIpc) is 2.96. The smallest absolute Gasteiger partial charge is 0.271 e. The topological polar surface area (TPSA) is 55.5 Å². The molecular formula is C18H16ClN3O. The summed E-state index contributed by atoms with van der Waals surface area (Å²) < 4.78 is 5.93. The van der Waals surface area contributed by atoms with Gasteiger partial charge in [-0.3, -0.25) is 5.32 Å². The molecule has 2 aromatic heterocycles. The van der Waals surface area contributed by atoms with E-state index in [4.69, 9.17) is 4.42 Å². The van der Waals surface area contributed by atoms with Gasteiger partial charge in [0.15, 0.2) is 0 Å². The van der Waals surface area contributed by atoms with Gasteiger partial charge in [0.1, 0.15) is 17.4 Å². The number of fused-ring (bicyclic) bond motifs is 3. The predicted octanol–water partition coefficient (Wildman–Crippen LogP) is -0.182. The van der Waals surface area contributed by atoms with Crippen LogP contribution < -0.4 is 17.7 Å². The lowest BCUT2D eigenvalue weighted by molar-refractivity contribution is -0.573. The van der Waals surface area contributed by atoms with Crippen LogP contribution in [0, 0.1) is 0 Å². The zero-order valence-corrected chi connectivity index (χ0v) is 13.2. The Morgan fingerprint density at radius 3 is 2.57 bits per heavy atom. The summed E-state index contributed by atoms with van der Waals surface area (Å²) in [7, 11) is 0. The van der Waals surface area contributed by atoms with Gasteiger partial charge in [0, 0.05) is 11.8 Å². The molecule has 0 unspecified atom stereocenters. The van der Waals surface area contributed by atoms with Gasteiger partial charge in [0.05, 0.1) is 6.54 Å². The summed E-state index contributed by atoms with van der Waals surface area (Å²) in [4.78, 5) is 8.74. The van der Waals surface area contributed by atoms with Gasteiger partial charge in [0.2, 0.25) is 5.58 Å². The minimum atomic E-state index is 0. The van der Waals surface area contributed by atoms with Crippen LogP contribution in [0.3, 0.4) is 0 Å². The van der Waals surface area contributed by atoms with Crippen molar-refractivity contribution >= 4 is 27.9 Å². The van der Waals surface area contributed by atoms with E-state index in [1.54, 1.807) is 6.33 Å². The summed E-state index contributed by atoms with van der Waals surface area (Å²) in [6.07, 6.45) is 2.60. The van der Waals surface area contributed by atoms with Gasteiger partial charge in [-0.15, -0.1) is 0 Å². The monoisotopic (exact) mass is 325 g/mol. The molecule has 0 aliphatic heterocycles. The Bertz CT molecular complexity index is 921. The molecule has 0 saturated carbocycles. The second-order valence-electron chi connectivity index (χ2n) is 5.26. The van der Waals surface area contributed by atoms with Crippen molar-refractivity contribution in [1.29, 1.82) is 0 Å². The van der Waals surface area contributed by atoms with Crippen molar-refractivity contribution in [2.45, 2.75) is 6.42 Å². The largest absolute Gasteiger partial charge is 1.00 e. The summed E-state index contributed by atoms with van der Waals surface area (Å²) >= 11 is 0. The highest BCUT2D eigenvalue weighted by atomic mass is 35.5. The molecular weight excluding hydrogens is 310 g/mol. The fraction of sp³-hybridized carbons (Fsp3) is 0.111. The second-order valence-corrected chi connectivity index (χ2v) is 5.26. The van der Waals surface area contributed by atoms with Crippen molar-refractivity contribution in [3.8, 4) is 0 Å². The van der Waals surface area contributed by atoms with E-state index in [2.05, 4.69) is 39.6 Å². The zero-order valence-electron chi connectivity index (χ0n) is 12.4. The van der Waals surface area contributed by atoms with E-state index in [-0.39, 0.29) is 12.4 Å². The molecule has 116 valence electrons. The molecule has 23 heavy (non-hydrogen) atoms. The fourth-order valence-electron chi connectivity index (χ4n) is 2.71. The molecule has 0 aliphatic rings. The Balaban J connectivity index is 0.00000156. The van der Waals surface area contributed by atoms with Crippen molar-refractivity contribution in [2.75, 3.05) is 6.54 Å². The van der Waals surface area contributed by atoms with Crippen LogP contribution in [0.1, 0.15) is 5.56 Å². The van der Waals surface area contributed by atoms with E-state index in [1.165, 1.54) is 5.56 Å². The highest BCUT2D eigenvalue weighted by molar-refractivity contribution is 6.04. The van der Waals surface area contributed by atoms with Crippen molar-refractivity contribution in [2.24, 2.45) is 0 Å². The molecule has 0 bridgehead atoms. The lowest BCUT2D eigenvalue weighted by Crippen LogP contribution is -3.00. The first-order valence-corrected chi connectivity index (χ1v) is 7.41. The van der Waals surface area contributed by atoms with Crippen LogP contribution in [0.5, 0.6) is 0 Å². The summed E-state index contributed by atoms with van der Waals surface area (Å²) in [5.41, 5.74) is 3.85. The Labute approximate surface area is 140 Å². The van der Waals surface area contributed by atoms with Gasteiger partial charge in [0.25, 0.3) is 5.82 Å². The number of nitrogens with two attached hydrogens (primary N) is 1. The Morgan fingerprint density at radius 2 is 1.70 bits per heavy atom. The molecule has 0 atom stereocenters. The first-order chi connectivity index (χ1) is 10.9. The van der Waals surface area contributed by atoms with Gasteiger partial charge in [-0.25, -0.2) is 4.98 Å². The molecule has 2 N–H and O–H groups in total. The lowest BCUT2D eigenvalue weighted by Gasteiger charge is -2.01. The van der Waals surface area contributed by atoms with Gasteiger partial charge in [-0.1, -0.05) is 42.5 Å². The quantitative estimate of drug-likeness (QED) is 0.566. The summed E-state index contributed by atoms with van der Waals surface area (Å²) in [5.74, 6) is 0.872. The minimum Gasteiger partial charge on any atom is -1.00 e. The van der Waals surface area contributed by atoms with Crippen LogP contribution in [-0.4, -0.2) is 16.5 Å². The maximum Gasteiger partial charge on any atom is 0.271 e. The van der Waals surface area contributed by atoms with Gasteiger partial charge in [-0.05, 0) is 17.7 Å². The standard InChI is InChI=1S/C18H15N3O.ClH/c1-2-6-13(7-3-1)10-11-19-18-17-16(20-12-21-18)14-8-4-5-9-15(14)22-17;/h1-9,12H,10-11H2,(H,19,20,21);1H. The second kappa shape index (κ2) is 6.77. The van der Waals surface area contributed by atoms with Gasteiger partial charge in [-0.2, -0.15) is 4.98 Å². The molecule has 4 rings (SSSR count). The first kappa shape index (κ1) is 15.5. The molecule has 4 aromatic rings. The molecule has 5 heteroatoms. The Kier molecular flexibility index (Phi) is 4.55. The predicted molar refractivity (Wildman–Crippen MR) is 85.9 cm³/mol. The fourth-order valence-corrected chi connectivity index (χ4v) is 2.71. The number of quaternary nitrogens is 1. The maximum atomic E-state index is 5.93. The van der Waals surface area contributed by atoms with E-state index in [9.17, 15) is 0 Å². The van der Waals surface area contributed by atoms with E-state index in [0.29, 0.717) is 0 Å². The number of hydrogen-bond acceptors (Lipinski definition) is 3. The third-order valence-electron chi connectivity index (χ3n) is 3.80. The normalized spacial score (nSPS) is 10.8. The third-order valence-corrected chi connectivity index (χ3v) is 3.80. The molecule has 0 aliphatic carbocycles. The highest BCUT2D eigenvalue weighted by Gasteiger charge is 2.15. The molecule has 2 aromatic carbocycles. The molecule has 0 saturated heterocycles. The maximum absolute atomic E-state index is 5.93. The summed E-state index contributed by atoms with van der Waals surface area (Å²) in [5, 5.41) is 3.16. The lowest BCUT2D eigenvalue weighted by atomic mass is 10.1.